The lowest BCUT2D eigenvalue weighted by Crippen LogP contribution is -3.00. The van der Waals surface area contributed by atoms with Crippen LogP contribution in [0.15, 0.2) is 59.5 Å². The molecule has 0 radical (unpaired) electrons. The lowest BCUT2D eigenvalue weighted by Gasteiger charge is -2.09. The van der Waals surface area contributed by atoms with E-state index in [1.165, 1.54) is 17.7 Å². The molecule has 0 atom stereocenters. The highest BCUT2D eigenvalue weighted by Crippen LogP contribution is 2.14. The molecule has 0 bridgehead atoms. The third-order valence-electron chi connectivity index (χ3n) is 4.07. The van der Waals surface area contributed by atoms with E-state index in [1.807, 2.05) is 36.7 Å². The maximum absolute atomic E-state index is 12.3. The first-order valence-corrected chi connectivity index (χ1v) is 9.87. The van der Waals surface area contributed by atoms with Gasteiger partial charge in [0.2, 0.25) is 15.9 Å². The minimum Gasteiger partial charge on any atom is -1.00 e. The second-order valence-electron chi connectivity index (χ2n) is 5.92. The summed E-state index contributed by atoms with van der Waals surface area (Å²) < 4.78 is 34.3. The Morgan fingerprint density at radius 1 is 1.07 bits per heavy atom. The summed E-state index contributed by atoms with van der Waals surface area (Å²) in [5, 5.41) is 3.34. The second kappa shape index (κ2) is 11.3. The average Bonchev–Trinajstić information content (AvgIpc) is 2.66. The van der Waals surface area contributed by atoms with Gasteiger partial charge in [-0.3, -0.25) is 9.89 Å². The van der Waals surface area contributed by atoms with Crippen molar-refractivity contribution in [3.63, 3.8) is 0 Å². The van der Waals surface area contributed by atoms with Crippen LogP contribution in [0.5, 0.6) is 5.75 Å². The molecule has 0 saturated carbocycles. The topological polar surface area (TPSA) is 70.4 Å². The SMILES string of the molecule is COc1ccc(S(=O)(=O)NCC[N+](C)=C(C)NCc2ccccc2)cc1.[I-]. The quantitative estimate of drug-likeness (QED) is 0.206. The number of amidine groups is 1. The standard InChI is InChI=1S/C19H25N3O3S.HI/c1-16(20-15-17-7-5-4-6-8-17)22(2)14-13-21-26(23,24)19-11-9-18(25-3)10-12-19;/h4-12,21H,13-15H2,1-3H3;1H. The summed E-state index contributed by atoms with van der Waals surface area (Å²) in [7, 11) is -0.0543. The molecule has 0 aliphatic heterocycles. The number of benzene rings is 2. The highest BCUT2D eigenvalue weighted by Gasteiger charge is 2.14. The first kappa shape index (κ1) is 23.4. The number of methoxy groups -OCH3 is 1. The first-order chi connectivity index (χ1) is 12.4. The van der Waals surface area contributed by atoms with E-state index < -0.39 is 10.0 Å². The Morgan fingerprint density at radius 3 is 2.30 bits per heavy atom. The minimum atomic E-state index is -3.52. The molecule has 0 aromatic heterocycles. The molecule has 8 heteroatoms. The van der Waals surface area contributed by atoms with Crippen molar-refractivity contribution in [2.75, 3.05) is 27.2 Å². The predicted octanol–water partition coefficient (Wildman–Crippen LogP) is -1.17. The Hall–Kier alpha value is -1.65. The van der Waals surface area contributed by atoms with Crippen molar-refractivity contribution >= 4 is 15.9 Å². The zero-order chi connectivity index (χ0) is 19.0. The molecule has 2 N–H and O–H groups in total. The highest BCUT2D eigenvalue weighted by molar-refractivity contribution is 7.89. The molecular formula is C19H26IN3O3S. The molecule has 0 amide bonds. The van der Waals surface area contributed by atoms with E-state index >= 15 is 0 Å². The van der Waals surface area contributed by atoms with E-state index in [-0.39, 0.29) is 28.9 Å². The molecule has 0 heterocycles. The van der Waals surface area contributed by atoms with Crippen LogP contribution in [0.1, 0.15) is 12.5 Å². The number of nitrogens with zero attached hydrogens (tertiary/aromatic N) is 1. The maximum Gasteiger partial charge on any atom is 0.241 e. The summed E-state index contributed by atoms with van der Waals surface area (Å²) in [5.74, 6) is 1.61. The van der Waals surface area contributed by atoms with Crippen LogP contribution >= 0.6 is 0 Å². The normalized spacial score (nSPS) is 12.0. The molecule has 0 spiro atoms. The van der Waals surface area contributed by atoms with Gasteiger partial charge in [0, 0.05) is 13.5 Å². The van der Waals surface area contributed by atoms with E-state index in [2.05, 4.69) is 22.2 Å². The van der Waals surface area contributed by atoms with Crippen LogP contribution in [-0.4, -0.2) is 46.1 Å². The Bertz CT molecular complexity index is 838. The largest absolute Gasteiger partial charge is 1.00 e. The number of ether oxygens (including phenoxy) is 1. The number of nitrogens with one attached hydrogen (secondary N) is 2. The average molecular weight is 503 g/mol. The lowest BCUT2D eigenvalue weighted by atomic mass is 10.2. The van der Waals surface area contributed by atoms with Crippen molar-refractivity contribution in [3.8, 4) is 5.75 Å². The molecule has 0 unspecified atom stereocenters. The van der Waals surface area contributed by atoms with Gasteiger partial charge in [-0.15, -0.1) is 0 Å². The number of sulfonamides is 1. The molecular weight excluding hydrogens is 477 g/mol. The molecule has 0 fully saturated rings. The van der Waals surface area contributed by atoms with Crippen molar-refractivity contribution in [2.24, 2.45) is 0 Å². The number of likely N-dealkylation sites (N-methyl/N-ethyl adjacent to an activating group) is 1. The number of hydrogen-bond donors (Lipinski definition) is 2. The van der Waals surface area contributed by atoms with Gasteiger partial charge >= 0.3 is 0 Å². The van der Waals surface area contributed by atoms with Crippen LogP contribution in [0.3, 0.4) is 0 Å². The van der Waals surface area contributed by atoms with Crippen LogP contribution in [0.4, 0.5) is 0 Å². The van der Waals surface area contributed by atoms with E-state index in [4.69, 9.17) is 4.74 Å². The first-order valence-electron chi connectivity index (χ1n) is 8.38. The fourth-order valence-corrected chi connectivity index (χ4v) is 3.34. The molecule has 2 aromatic carbocycles. The van der Waals surface area contributed by atoms with Crippen molar-refractivity contribution in [3.05, 3.63) is 60.2 Å². The predicted molar refractivity (Wildman–Crippen MR) is 103 cm³/mol. The summed E-state index contributed by atoms with van der Waals surface area (Å²) in [6.07, 6.45) is 0. The Morgan fingerprint density at radius 2 is 1.70 bits per heavy atom. The third kappa shape index (κ3) is 7.47. The van der Waals surface area contributed by atoms with Crippen LogP contribution in [0.25, 0.3) is 0 Å². The van der Waals surface area contributed by atoms with E-state index in [1.54, 1.807) is 19.2 Å². The van der Waals surface area contributed by atoms with Gasteiger partial charge in [-0.05, 0) is 29.8 Å². The molecule has 148 valence electrons. The molecule has 2 rings (SSSR count). The third-order valence-corrected chi connectivity index (χ3v) is 5.55. The van der Waals surface area contributed by atoms with E-state index in [0.717, 1.165) is 12.4 Å². The fraction of sp³-hybridized carbons (Fsp3) is 0.316. The van der Waals surface area contributed by atoms with Crippen LogP contribution in [0.2, 0.25) is 0 Å². The van der Waals surface area contributed by atoms with Crippen molar-refractivity contribution in [2.45, 2.75) is 18.4 Å². The van der Waals surface area contributed by atoms with Gasteiger partial charge in [-0.2, -0.15) is 0 Å². The van der Waals surface area contributed by atoms with Gasteiger partial charge in [0.05, 0.1) is 25.6 Å². The lowest BCUT2D eigenvalue weighted by molar-refractivity contribution is -0.497. The van der Waals surface area contributed by atoms with Crippen molar-refractivity contribution < 1.29 is 41.7 Å². The molecule has 6 nitrogen and oxygen atoms in total. The van der Waals surface area contributed by atoms with Crippen molar-refractivity contribution in [1.82, 2.24) is 10.0 Å². The number of hydrogen-bond acceptors (Lipinski definition) is 3. The Labute approximate surface area is 178 Å². The maximum atomic E-state index is 12.3. The molecule has 27 heavy (non-hydrogen) atoms. The summed E-state index contributed by atoms with van der Waals surface area (Å²) >= 11 is 0. The fourth-order valence-electron chi connectivity index (χ4n) is 2.31. The van der Waals surface area contributed by atoms with E-state index in [9.17, 15) is 8.42 Å². The molecule has 2 aromatic rings. The Kier molecular flexibility index (Phi) is 9.75. The van der Waals surface area contributed by atoms with Crippen LogP contribution < -0.4 is 38.8 Å². The van der Waals surface area contributed by atoms with Gasteiger partial charge in [-0.25, -0.2) is 13.1 Å². The van der Waals surface area contributed by atoms with E-state index in [0.29, 0.717) is 18.8 Å². The van der Waals surface area contributed by atoms with Crippen LogP contribution in [-0.2, 0) is 16.6 Å². The number of halogens is 1. The van der Waals surface area contributed by atoms with Crippen molar-refractivity contribution in [1.29, 1.82) is 0 Å². The molecule has 0 saturated heterocycles. The van der Waals surface area contributed by atoms with Gasteiger partial charge in [0.25, 0.3) is 0 Å². The summed E-state index contributed by atoms with van der Waals surface area (Å²) in [5.41, 5.74) is 1.19. The van der Waals surface area contributed by atoms with Crippen LogP contribution in [0, 0.1) is 0 Å². The van der Waals surface area contributed by atoms with Gasteiger partial charge in [-0.1, -0.05) is 30.3 Å². The van der Waals surface area contributed by atoms with Gasteiger partial charge in [0.1, 0.15) is 12.3 Å². The zero-order valence-corrected chi connectivity index (χ0v) is 18.7. The highest BCUT2D eigenvalue weighted by atomic mass is 127. The van der Waals surface area contributed by atoms with Gasteiger partial charge in [0.15, 0.2) is 0 Å². The number of rotatable bonds is 8. The second-order valence-corrected chi connectivity index (χ2v) is 7.69. The zero-order valence-electron chi connectivity index (χ0n) is 15.8. The Balaban J connectivity index is 0.00000364. The molecule has 0 aliphatic rings. The summed E-state index contributed by atoms with van der Waals surface area (Å²) in [4.78, 5) is 0.226. The monoisotopic (exact) mass is 503 g/mol. The minimum absolute atomic E-state index is 0. The smallest absolute Gasteiger partial charge is 0.241 e. The van der Waals surface area contributed by atoms with Gasteiger partial charge < -0.3 is 28.7 Å². The summed E-state index contributed by atoms with van der Waals surface area (Å²) in [6, 6.07) is 16.4. The summed E-state index contributed by atoms with van der Waals surface area (Å²) in [6.45, 7) is 3.58. The molecule has 0 aliphatic carbocycles.